The zero-order valence-electron chi connectivity index (χ0n) is 18.5. The number of hydrogen-bond acceptors (Lipinski definition) is 6. The third-order valence-electron chi connectivity index (χ3n) is 5.83. The number of amides is 2. The van der Waals surface area contributed by atoms with Gasteiger partial charge in [0.2, 0.25) is 15.9 Å². The molecule has 2 amide bonds. The number of nitrogens with zero attached hydrogens (tertiary/aromatic N) is 2. The Morgan fingerprint density at radius 3 is 2.26 bits per heavy atom. The van der Waals surface area contributed by atoms with Gasteiger partial charge in [-0.15, -0.1) is 0 Å². The highest BCUT2D eigenvalue weighted by atomic mass is 32.2. The highest BCUT2D eigenvalue weighted by Crippen LogP contribution is 2.27. The van der Waals surface area contributed by atoms with Gasteiger partial charge in [-0.3, -0.25) is 9.59 Å². The number of nitrogens with one attached hydrogen (secondary N) is 1. The summed E-state index contributed by atoms with van der Waals surface area (Å²) in [6, 6.07) is 4.37. The lowest BCUT2D eigenvalue weighted by atomic mass is 9.94. The molecule has 2 fully saturated rings. The highest BCUT2D eigenvalue weighted by Gasteiger charge is 2.34. The maximum atomic E-state index is 13.0. The number of methoxy groups -OCH3 is 1. The number of rotatable bonds is 5. The zero-order valence-corrected chi connectivity index (χ0v) is 19.3. The summed E-state index contributed by atoms with van der Waals surface area (Å²) in [6.07, 6.45) is 1.21. The number of carbonyl (C=O) groups is 2. The first-order valence-corrected chi connectivity index (χ1v) is 12.0. The van der Waals surface area contributed by atoms with Crippen LogP contribution in [0.15, 0.2) is 23.1 Å². The van der Waals surface area contributed by atoms with Gasteiger partial charge in [0.1, 0.15) is 10.6 Å². The third-order valence-corrected chi connectivity index (χ3v) is 7.27. The quantitative estimate of drug-likeness (QED) is 0.716. The molecule has 2 aliphatic heterocycles. The second kappa shape index (κ2) is 9.54. The maximum Gasteiger partial charge on any atom is 0.253 e. The fourth-order valence-electron chi connectivity index (χ4n) is 4.26. The standard InChI is InChI=1S/C21H31N3O6S/c1-14-12-24(13-15(2)30-14)20(25)16-7-9-23(10-8-16)21(26)17-5-6-18(29-4)19(11-17)31(27,28)22-3/h5-6,11,14-16,22H,7-10,12-13H2,1-4H3. The molecule has 1 N–H and O–H groups in total. The SMILES string of the molecule is CNS(=O)(=O)c1cc(C(=O)N2CCC(C(=O)N3CC(C)OC(C)C3)CC2)ccc1OC. The van der Waals surface area contributed by atoms with Gasteiger partial charge in [0, 0.05) is 37.7 Å². The van der Waals surface area contributed by atoms with Gasteiger partial charge in [0.25, 0.3) is 5.91 Å². The molecule has 1 aromatic carbocycles. The van der Waals surface area contributed by atoms with Crippen LogP contribution in [0.2, 0.25) is 0 Å². The second-order valence-electron chi connectivity index (χ2n) is 8.14. The minimum atomic E-state index is -3.78. The average molecular weight is 454 g/mol. The van der Waals surface area contributed by atoms with Crippen LogP contribution in [0.4, 0.5) is 0 Å². The molecule has 0 bridgehead atoms. The largest absolute Gasteiger partial charge is 0.495 e. The molecule has 1 aromatic rings. The molecule has 2 aliphatic rings. The first-order valence-electron chi connectivity index (χ1n) is 10.5. The number of morpholine rings is 1. The molecule has 0 aromatic heterocycles. The Morgan fingerprint density at radius 1 is 1.10 bits per heavy atom. The number of piperidine rings is 1. The van der Waals surface area contributed by atoms with Gasteiger partial charge in [-0.25, -0.2) is 13.1 Å². The van der Waals surface area contributed by atoms with E-state index in [1.807, 2.05) is 18.7 Å². The molecule has 10 heteroatoms. The summed E-state index contributed by atoms with van der Waals surface area (Å²) in [7, 11) is -1.09. The molecule has 172 valence electrons. The minimum absolute atomic E-state index is 0.0209. The lowest BCUT2D eigenvalue weighted by Crippen LogP contribution is -2.51. The summed E-state index contributed by atoms with van der Waals surface area (Å²) in [4.78, 5) is 29.4. The maximum absolute atomic E-state index is 13.0. The van der Waals surface area contributed by atoms with Crippen molar-refractivity contribution in [2.24, 2.45) is 5.92 Å². The van der Waals surface area contributed by atoms with E-state index in [1.165, 1.54) is 26.3 Å². The molecular formula is C21H31N3O6S. The van der Waals surface area contributed by atoms with E-state index in [0.29, 0.717) is 39.0 Å². The van der Waals surface area contributed by atoms with Crippen molar-refractivity contribution in [3.63, 3.8) is 0 Å². The minimum Gasteiger partial charge on any atom is -0.495 e. The molecule has 3 rings (SSSR count). The van der Waals surface area contributed by atoms with Crippen molar-refractivity contribution in [2.75, 3.05) is 40.3 Å². The van der Waals surface area contributed by atoms with E-state index in [0.717, 1.165) is 0 Å². The molecule has 31 heavy (non-hydrogen) atoms. The summed E-state index contributed by atoms with van der Waals surface area (Å²) in [5.74, 6) is -0.0718. The fourth-order valence-corrected chi connectivity index (χ4v) is 5.18. The molecular weight excluding hydrogens is 422 g/mol. The van der Waals surface area contributed by atoms with Crippen molar-refractivity contribution in [3.05, 3.63) is 23.8 Å². The monoisotopic (exact) mass is 453 g/mol. The normalized spacial score (nSPS) is 23.0. The summed E-state index contributed by atoms with van der Waals surface area (Å²) in [5.41, 5.74) is 0.273. The van der Waals surface area contributed by atoms with Crippen LogP contribution in [0.3, 0.4) is 0 Å². The number of carbonyl (C=O) groups excluding carboxylic acids is 2. The van der Waals surface area contributed by atoms with Crippen LogP contribution in [0, 0.1) is 5.92 Å². The molecule has 9 nitrogen and oxygen atoms in total. The van der Waals surface area contributed by atoms with E-state index in [4.69, 9.17) is 9.47 Å². The van der Waals surface area contributed by atoms with E-state index >= 15 is 0 Å². The predicted molar refractivity (Wildman–Crippen MR) is 114 cm³/mol. The van der Waals surface area contributed by atoms with Crippen LogP contribution in [0.25, 0.3) is 0 Å². The van der Waals surface area contributed by atoms with Gasteiger partial charge in [0.05, 0.1) is 19.3 Å². The van der Waals surface area contributed by atoms with Crippen LogP contribution in [0.5, 0.6) is 5.75 Å². The smallest absolute Gasteiger partial charge is 0.253 e. The fraction of sp³-hybridized carbons (Fsp3) is 0.619. The molecule has 2 atom stereocenters. The number of likely N-dealkylation sites (tertiary alicyclic amines) is 1. The Morgan fingerprint density at radius 2 is 1.71 bits per heavy atom. The van der Waals surface area contributed by atoms with E-state index in [2.05, 4.69) is 4.72 Å². The molecule has 0 radical (unpaired) electrons. The lowest BCUT2D eigenvalue weighted by molar-refractivity contribution is -0.148. The van der Waals surface area contributed by atoms with Crippen LogP contribution >= 0.6 is 0 Å². The molecule has 0 saturated carbocycles. The van der Waals surface area contributed by atoms with Crippen molar-refractivity contribution in [3.8, 4) is 5.75 Å². The summed E-state index contributed by atoms with van der Waals surface area (Å²) in [6.45, 7) is 6.02. The summed E-state index contributed by atoms with van der Waals surface area (Å²) >= 11 is 0. The van der Waals surface area contributed by atoms with Crippen LogP contribution in [-0.4, -0.2) is 82.6 Å². The number of hydrogen-bond donors (Lipinski definition) is 1. The highest BCUT2D eigenvalue weighted by molar-refractivity contribution is 7.89. The molecule has 2 unspecified atom stereocenters. The van der Waals surface area contributed by atoms with Gasteiger partial charge in [-0.2, -0.15) is 0 Å². The molecule has 0 spiro atoms. The van der Waals surface area contributed by atoms with Crippen molar-refractivity contribution in [2.45, 2.75) is 43.8 Å². The van der Waals surface area contributed by atoms with Crippen molar-refractivity contribution < 1.29 is 27.5 Å². The molecule has 2 heterocycles. The van der Waals surface area contributed by atoms with Crippen LogP contribution in [0.1, 0.15) is 37.0 Å². The van der Waals surface area contributed by atoms with Crippen LogP contribution < -0.4 is 9.46 Å². The van der Waals surface area contributed by atoms with Gasteiger partial charge in [-0.1, -0.05) is 0 Å². The van der Waals surface area contributed by atoms with Crippen LogP contribution in [-0.2, 0) is 19.6 Å². The van der Waals surface area contributed by atoms with Gasteiger partial charge >= 0.3 is 0 Å². The predicted octanol–water partition coefficient (Wildman–Crippen LogP) is 1.09. The van der Waals surface area contributed by atoms with E-state index in [-0.39, 0.29) is 46.1 Å². The van der Waals surface area contributed by atoms with E-state index in [9.17, 15) is 18.0 Å². The number of sulfonamides is 1. The van der Waals surface area contributed by atoms with Gasteiger partial charge < -0.3 is 19.3 Å². The topological polar surface area (TPSA) is 105 Å². The third kappa shape index (κ3) is 5.19. The Kier molecular flexibility index (Phi) is 7.23. The van der Waals surface area contributed by atoms with Gasteiger partial charge in [0.15, 0.2) is 0 Å². The molecule has 0 aliphatic carbocycles. The summed E-state index contributed by atoms with van der Waals surface area (Å²) in [5, 5.41) is 0. The first kappa shape index (κ1) is 23.5. The van der Waals surface area contributed by atoms with Gasteiger partial charge in [-0.05, 0) is 51.9 Å². The van der Waals surface area contributed by atoms with Crippen molar-refractivity contribution in [1.29, 1.82) is 0 Å². The molecule has 2 saturated heterocycles. The first-order chi connectivity index (χ1) is 14.7. The zero-order chi connectivity index (χ0) is 22.8. The second-order valence-corrected chi connectivity index (χ2v) is 10.00. The Labute approximate surface area is 183 Å². The van der Waals surface area contributed by atoms with E-state index in [1.54, 1.807) is 11.0 Å². The number of ether oxygens (including phenoxy) is 2. The Hall–Kier alpha value is -2.17. The number of benzene rings is 1. The van der Waals surface area contributed by atoms with E-state index < -0.39 is 10.0 Å². The summed E-state index contributed by atoms with van der Waals surface area (Å²) < 4.78 is 37.6. The Balaban J connectivity index is 1.66. The van der Waals surface area contributed by atoms with Crippen molar-refractivity contribution in [1.82, 2.24) is 14.5 Å². The van der Waals surface area contributed by atoms with Crippen molar-refractivity contribution >= 4 is 21.8 Å². The lowest BCUT2D eigenvalue weighted by Gasteiger charge is -2.39. The Bertz CT molecular complexity index is 917. The average Bonchev–Trinajstić information content (AvgIpc) is 2.77.